The van der Waals surface area contributed by atoms with Crippen molar-refractivity contribution in [3.63, 3.8) is 0 Å². The molecule has 182 valence electrons. The molecular formula is C27H33ClN2O4. The second-order valence-corrected chi connectivity index (χ2v) is 9.84. The molecule has 1 unspecified atom stereocenters. The van der Waals surface area contributed by atoms with Crippen LogP contribution in [-0.2, 0) is 11.2 Å². The fraction of sp³-hybridized carbons (Fsp3) is 0.481. The van der Waals surface area contributed by atoms with E-state index in [1.165, 1.54) is 31.2 Å². The highest BCUT2D eigenvalue weighted by molar-refractivity contribution is 6.31. The van der Waals surface area contributed by atoms with Crippen LogP contribution in [0.4, 0.5) is 0 Å². The Kier molecular flexibility index (Phi) is 7.42. The van der Waals surface area contributed by atoms with Crippen LogP contribution in [0.15, 0.2) is 42.5 Å². The highest BCUT2D eigenvalue weighted by atomic mass is 35.5. The van der Waals surface area contributed by atoms with Crippen LogP contribution in [-0.4, -0.2) is 52.9 Å². The lowest BCUT2D eigenvalue weighted by molar-refractivity contribution is -0.210. The second-order valence-electron chi connectivity index (χ2n) is 9.40. The summed E-state index contributed by atoms with van der Waals surface area (Å²) in [7, 11) is 0. The molecule has 0 spiro atoms. The average Bonchev–Trinajstić information content (AvgIpc) is 3.50. The van der Waals surface area contributed by atoms with E-state index in [4.69, 9.17) is 26.2 Å². The Morgan fingerprint density at radius 3 is 2.68 bits per heavy atom. The number of aromatic amines is 1. The number of aliphatic hydroxyl groups excluding tert-OH is 2. The summed E-state index contributed by atoms with van der Waals surface area (Å²) in [5.41, 5.74) is 4.41. The zero-order valence-electron chi connectivity index (χ0n) is 19.4. The van der Waals surface area contributed by atoms with E-state index >= 15 is 0 Å². The monoisotopic (exact) mass is 484 g/mol. The number of nitrogens with zero attached hydrogens (tertiary/aromatic N) is 1. The number of aliphatic hydroxyl groups is 2. The highest BCUT2D eigenvalue weighted by Crippen LogP contribution is 2.40. The first-order valence-corrected chi connectivity index (χ1v) is 12.7. The summed E-state index contributed by atoms with van der Waals surface area (Å²) in [6.07, 6.45) is 5.30. The van der Waals surface area contributed by atoms with Crippen molar-refractivity contribution in [2.75, 3.05) is 26.4 Å². The summed E-state index contributed by atoms with van der Waals surface area (Å²) in [5.74, 6) is 1.31. The van der Waals surface area contributed by atoms with Gasteiger partial charge in [-0.2, -0.15) is 0 Å². The number of hydrogen-bond acceptors (Lipinski definition) is 5. The Bertz CT molecular complexity index is 1090. The quantitative estimate of drug-likeness (QED) is 0.294. The van der Waals surface area contributed by atoms with E-state index in [1.54, 1.807) is 0 Å². The third-order valence-electron chi connectivity index (χ3n) is 7.13. The summed E-state index contributed by atoms with van der Waals surface area (Å²) in [5, 5.41) is 22.0. The summed E-state index contributed by atoms with van der Waals surface area (Å²) >= 11 is 6.31. The molecule has 1 fully saturated rings. The zero-order valence-corrected chi connectivity index (χ0v) is 20.1. The first-order valence-electron chi connectivity index (χ1n) is 12.3. The average molecular weight is 485 g/mol. The maximum Gasteiger partial charge on any atom is 0.216 e. The van der Waals surface area contributed by atoms with E-state index < -0.39 is 6.41 Å². The normalized spacial score (nSPS) is 20.0. The van der Waals surface area contributed by atoms with E-state index in [2.05, 4.69) is 4.98 Å². The molecule has 2 heterocycles. The summed E-state index contributed by atoms with van der Waals surface area (Å²) in [4.78, 5) is 5.64. The van der Waals surface area contributed by atoms with Gasteiger partial charge in [0.2, 0.25) is 6.41 Å². The minimum Gasteiger partial charge on any atom is -0.494 e. The van der Waals surface area contributed by atoms with Crippen LogP contribution in [0.2, 0.25) is 5.02 Å². The Balaban J connectivity index is 1.44. The van der Waals surface area contributed by atoms with Crippen LogP contribution in [0.3, 0.4) is 0 Å². The SMILES string of the molecule is OCCCOc1ccc([C@H]2c3[nH]c4ccc(Cl)cc4c3CCN2C(O)OCC2CCCC2)cc1. The van der Waals surface area contributed by atoms with Crippen molar-refractivity contribution in [3.05, 3.63) is 64.3 Å². The number of hydrogen-bond donors (Lipinski definition) is 3. The molecule has 1 aromatic heterocycles. The van der Waals surface area contributed by atoms with Crippen LogP contribution >= 0.6 is 11.6 Å². The molecule has 0 saturated heterocycles. The fourth-order valence-corrected chi connectivity index (χ4v) is 5.54. The molecule has 3 N–H and O–H groups in total. The molecule has 7 heteroatoms. The summed E-state index contributed by atoms with van der Waals surface area (Å²) < 4.78 is 11.7. The van der Waals surface area contributed by atoms with Crippen LogP contribution in [0.25, 0.3) is 10.9 Å². The predicted molar refractivity (Wildman–Crippen MR) is 133 cm³/mol. The van der Waals surface area contributed by atoms with Gasteiger partial charge in [0.05, 0.1) is 19.3 Å². The third kappa shape index (κ3) is 4.97. The fourth-order valence-electron chi connectivity index (χ4n) is 5.37. The molecule has 1 saturated carbocycles. The molecule has 2 atom stereocenters. The molecule has 6 nitrogen and oxygen atoms in total. The third-order valence-corrected chi connectivity index (χ3v) is 7.37. The van der Waals surface area contributed by atoms with Gasteiger partial charge in [0, 0.05) is 41.2 Å². The van der Waals surface area contributed by atoms with E-state index in [0.29, 0.717) is 32.1 Å². The number of nitrogens with one attached hydrogen (secondary N) is 1. The van der Waals surface area contributed by atoms with Gasteiger partial charge in [-0.15, -0.1) is 0 Å². The minimum atomic E-state index is -0.978. The number of halogens is 1. The van der Waals surface area contributed by atoms with Gasteiger partial charge in [0.1, 0.15) is 5.75 Å². The van der Waals surface area contributed by atoms with Gasteiger partial charge >= 0.3 is 0 Å². The molecule has 1 aliphatic heterocycles. The lowest BCUT2D eigenvalue weighted by Gasteiger charge is -2.39. The van der Waals surface area contributed by atoms with Crippen molar-refractivity contribution >= 4 is 22.5 Å². The summed E-state index contributed by atoms with van der Waals surface area (Å²) in [6, 6.07) is 13.7. The van der Waals surface area contributed by atoms with Crippen molar-refractivity contribution < 1.29 is 19.7 Å². The molecular weight excluding hydrogens is 452 g/mol. The number of ether oxygens (including phenoxy) is 2. The lowest BCUT2D eigenvalue weighted by atomic mass is 9.92. The van der Waals surface area contributed by atoms with Crippen molar-refractivity contribution in [1.29, 1.82) is 0 Å². The lowest BCUT2D eigenvalue weighted by Crippen LogP contribution is -2.45. The molecule has 2 aromatic carbocycles. The van der Waals surface area contributed by atoms with Gasteiger partial charge in [-0.3, -0.25) is 0 Å². The molecule has 1 aliphatic carbocycles. The molecule has 0 amide bonds. The Labute approximate surface area is 205 Å². The van der Waals surface area contributed by atoms with Crippen molar-refractivity contribution in [2.45, 2.75) is 51.0 Å². The predicted octanol–water partition coefficient (Wildman–Crippen LogP) is 5.01. The number of rotatable bonds is 9. The number of benzene rings is 2. The largest absolute Gasteiger partial charge is 0.494 e. The van der Waals surface area contributed by atoms with Gasteiger partial charge in [-0.05, 0) is 66.6 Å². The standard InChI is InChI=1S/C27H33ClN2O4/c28-20-8-11-24-23(16-20)22-12-13-30(27(32)34-17-18-4-1-2-5-18)26(25(22)29-24)19-6-9-21(10-7-19)33-15-3-14-31/h6-11,16,18,26-27,29,31-32H,1-5,12-15,17H2/t26-,27?/m0/s1. The number of fused-ring (bicyclic) bond motifs is 3. The Morgan fingerprint density at radius 2 is 1.91 bits per heavy atom. The van der Waals surface area contributed by atoms with Crippen LogP contribution in [0.1, 0.15) is 55.0 Å². The molecule has 5 rings (SSSR count). The van der Waals surface area contributed by atoms with E-state index in [0.717, 1.165) is 39.4 Å². The van der Waals surface area contributed by atoms with Crippen LogP contribution in [0, 0.1) is 5.92 Å². The smallest absolute Gasteiger partial charge is 0.216 e. The van der Waals surface area contributed by atoms with Gasteiger partial charge in [0.15, 0.2) is 0 Å². The maximum atomic E-state index is 11.1. The topological polar surface area (TPSA) is 78.0 Å². The molecule has 34 heavy (non-hydrogen) atoms. The van der Waals surface area contributed by atoms with Crippen LogP contribution in [0.5, 0.6) is 5.75 Å². The number of aromatic nitrogens is 1. The van der Waals surface area contributed by atoms with E-state index in [1.807, 2.05) is 47.4 Å². The Morgan fingerprint density at radius 1 is 1.12 bits per heavy atom. The molecule has 2 aliphatic rings. The van der Waals surface area contributed by atoms with Gasteiger partial charge in [-0.25, -0.2) is 4.90 Å². The van der Waals surface area contributed by atoms with Gasteiger partial charge < -0.3 is 24.7 Å². The number of H-pyrrole nitrogens is 1. The van der Waals surface area contributed by atoms with Gasteiger partial charge in [-0.1, -0.05) is 36.6 Å². The zero-order chi connectivity index (χ0) is 23.5. The summed E-state index contributed by atoms with van der Waals surface area (Å²) in [6.45, 7) is 1.86. The second kappa shape index (κ2) is 10.7. The maximum absolute atomic E-state index is 11.1. The Hall–Kier alpha value is -2.09. The van der Waals surface area contributed by atoms with Crippen molar-refractivity contribution in [1.82, 2.24) is 9.88 Å². The van der Waals surface area contributed by atoms with Crippen LogP contribution < -0.4 is 4.74 Å². The molecule has 0 radical (unpaired) electrons. The molecule has 3 aromatic rings. The first kappa shape index (κ1) is 23.6. The highest BCUT2D eigenvalue weighted by Gasteiger charge is 2.36. The minimum absolute atomic E-state index is 0.112. The van der Waals surface area contributed by atoms with Crippen molar-refractivity contribution in [2.24, 2.45) is 5.92 Å². The van der Waals surface area contributed by atoms with E-state index in [-0.39, 0.29) is 12.6 Å². The molecule has 0 bridgehead atoms. The first-order chi connectivity index (χ1) is 16.6. The van der Waals surface area contributed by atoms with Gasteiger partial charge in [0.25, 0.3) is 0 Å². The van der Waals surface area contributed by atoms with Crippen molar-refractivity contribution in [3.8, 4) is 5.75 Å². The van der Waals surface area contributed by atoms with E-state index in [9.17, 15) is 5.11 Å².